The lowest BCUT2D eigenvalue weighted by molar-refractivity contribution is -0.143. The molecule has 0 spiro atoms. The molecule has 3 atom stereocenters. The molecule has 166 valence electrons. The second kappa shape index (κ2) is 12.1. The number of hydrogen-bond donors (Lipinski definition) is 8. The van der Waals surface area contributed by atoms with E-state index in [0.29, 0.717) is 5.69 Å². The Morgan fingerprint density at radius 2 is 1.80 bits per heavy atom. The van der Waals surface area contributed by atoms with Crippen LogP contribution >= 0.6 is 0 Å². The normalized spacial score (nSPS) is 13.5. The molecule has 14 nitrogen and oxygen atoms in total. The first-order chi connectivity index (χ1) is 14.1. The van der Waals surface area contributed by atoms with Gasteiger partial charge in [-0.1, -0.05) is 0 Å². The van der Waals surface area contributed by atoms with Gasteiger partial charge in [-0.2, -0.15) is 0 Å². The van der Waals surface area contributed by atoms with E-state index in [0.717, 1.165) is 0 Å². The average Bonchev–Trinajstić information content (AvgIpc) is 3.19. The zero-order valence-electron chi connectivity index (χ0n) is 15.8. The molecule has 1 aromatic heterocycles. The van der Waals surface area contributed by atoms with E-state index >= 15 is 0 Å². The van der Waals surface area contributed by atoms with Gasteiger partial charge in [-0.3, -0.25) is 19.2 Å². The highest BCUT2D eigenvalue weighted by atomic mass is 16.4. The van der Waals surface area contributed by atoms with Gasteiger partial charge in [0.25, 0.3) is 0 Å². The van der Waals surface area contributed by atoms with Gasteiger partial charge in [-0.05, 0) is 6.42 Å². The van der Waals surface area contributed by atoms with Crippen LogP contribution in [-0.2, 0) is 30.4 Å². The molecular weight excluding hydrogens is 404 g/mol. The first-order valence-electron chi connectivity index (χ1n) is 8.79. The maximum Gasteiger partial charge on any atom is 0.326 e. The largest absolute Gasteiger partial charge is 0.481 e. The number of hydrogen-bond acceptors (Lipinski definition) is 8. The zero-order chi connectivity index (χ0) is 22.7. The fourth-order valence-electron chi connectivity index (χ4n) is 2.26. The van der Waals surface area contributed by atoms with Crippen LogP contribution in [0.4, 0.5) is 0 Å². The minimum absolute atomic E-state index is 0.155. The lowest BCUT2D eigenvalue weighted by Gasteiger charge is -2.20. The number of aromatic amines is 1. The Bertz CT molecular complexity index is 753. The Labute approximate surface area is 170 Å². The van der Waals surface area contributed by atoms with Gasteiger partial charge in [-0.25, -0.2) is 9.78 Å². The monoisotopic (exact) mass is 428 g/mol. The van der Waals surface area contributed by atoms with E-state index in [1.807, 2.05) is 5.32 Å². The van der Waals surface area contributed by atoms with Crippen LogP contribution in [0.5, 0.6) is 0 Å². The van der Waals surface area contributed by atoms with Crippen molar-refractivity contribution < 1.29 is 39.3 Å². The summed E-state index contributed by atoms with van der Waals surface area (Å²) < 4.78 is 0. The number of aliphatic hydroxyl groups excluding tert-OH is 1. The third kappa shape index (κ3) is 8.66. The van der Waals surface area contributed by atoms with Gasteiger partial charge in [0.1, 0.15) is 12.1 Å². The van der Waals surface area contributed by atoms with Gasteiger partial charge in [0.15, 0.2) is 0 Å². The van der Waals surface area contributed by atoms with Crippen molar-refractivity contribution in [3.05, 3.63) is 18.2 Å². The standard InChI is InChI=1S/C16H24N6O8/c17-9(3-8-4-18-7-20-8)14(27)19-5-12(24)21-11(6-23)15(28)22-10(16(29)30)1-2-13(25)26/h4,7,9-11,23H,1-3,5-6,17H2,(H,18,20)(H,19,27)(H,21,24)(H,22,28)(H,25,26)(H,29,30). The van der Waals surface area contributed by atoms with Gasteiger partial charge >= 0.3 is 11.9 Å². The van der Waals surface area contributed by atoms with Crippen molar-refractivity contribution in [1.82, 2.24) is 25.9 Å². The molecule has 14 heteroatoms. The fraction of sp³-hybridized carbons (Fsp3) is 0.500. The predicted molar refractivity (Wildman–Crippen MR) is 98.7 cm³/mol. The molecule has 0 aliphatic rings. The molecule has 0 aliphatic heterocycles. The fourth-order valence-corrected chi connectivity index (χ4v) is 2.26. The zero-order valence-corrected chi connectivity index (χ0v) is 15.8. The molecule has 0 aromatic carbocycles. The van der Waals surface area contributed by atoms with Crippen LogP contribution in [0.3, 0.4) is 0 Å². The number of carboxylic acids is 2. The van der Waals surface area contributed by atoms with Crippen LogP contribution in [0.2, 0.25) is 0 Å². The molecule has 30 heavy (non-hydrogen) atoms. The quantitative estimate of drug-likeness (QED) is 0.153. The molecule has 3 unspecified atom stereocenters. The number of carbonyl (C=O) groups is 5. The molecule has 9 N–H and O–H groups in total. The summed E-state index contributed by atoms with van der Waals surface area (Å²) in [4.78, 5) is 64.2. The van der Waals surface area contributed by atoms with Gasteiger partial charge in [0.05, 0.1) is 25.5 Å². The lowest BCUT2D eigenvalue weighted by atomic mass is 10.1. The van der Waals surface area contributed by atoms with E-state index in [-0.39, 0.29) is 12.8 Å². The smallest absolute Gasteiger partial charge is 0.326 e. The number of rotatable bonds is 13. The molecule has 1 rings (SSSR count). The summed E-state index contributed by atoms with van der Waals surface area (Å²) >= 11 is 0. The third-order valence-corrected chi connectivity index (χ3v) is 3.85. The highest BCUT2D eigenvalue weighted by molar-refractivity contribution is 5.92. The lowest BCUT2D eigenvalue weighted by Crippen LogP contribution is -2.55. The molecular formula is C16H24N6O8. The SMILES string of the molecule is NC(Cc1cnc[nH]1)C(=O)NCC(=O)NC(CO)C(=O)NC(CCC(=O)O)C(=O)O. The number of amides is 3. The van der Waals surface area contributed by atoms with Crippen LogP contribution < -0.4 is 21.7 Å². The topological polar surface area (TPSA) is 237 Å². The van der Waals surface area contributed by atoms with Crippen LogP contribution in [0.15, 0.2) is 12.5 Å². The molecule has 0 aliphatic carbocycles. The first-order valence-corrected chi connectivity index (χ1v) is 8.79. The van der Waals surface area contributed by atoms with Crippen molar-refractivity contribution in [1.29, 1.82) is 0 Å². The van der Waals surface area contributed by atoms with Crippen molar-refractivity contribution in [2.45, 2.75) is 37.4 Å². The number of aliphatic hydroxyl groups is 1. The van der Waals surface area contributed by atoms with Crippen molar-refractivity contribution in [3.63, 3.8) is 0 Å². The van der Waals surface area contributed by atoms with Crippen molar-refractivity contribution in [3.8, 4) is 0 Å². The molecule has 1 heterocycles. The molecule has 0 saturated heterocycles. The van der Waals surface area contributed by atoms with Gasteiger partial charge < -0.3 is 42.0 Å². The highest BCUT2D eigenvalue weighted by Crippen LogP contribution is 1.99. The maximum absolute atomic E-state index is 12.1. The Morgan fingerprint density at radius 1 is 1.10 bits per heavy atom. The number of H-pyrrole nitrogens is 1. The Kier molecular flexibility index (Phi) is 9.91. The average molecular weight is 428 g/mol. The maximum atomic E-state index is 12.1. The van der Waals surface area contributed by atoms with Gasteiger partial charge in [-0.15, -0.1) is 0 Å². The summed E-state index contributed by atoms with van der Waals surface area (Å²) in [6.45, 7) is -1.39. The summed E-state index contributed by atoms with van der Waals surface area (Å²) in [6, 6.07) is -3.97. The second-order valence-electron chi connectivity index (χ2n) is 6.24. The Hall–Kier alpha value is -3.52. The summed E-state index contributed by atoms with van der Waals surface area (Å²) in [5.41, 5.74) is 6.33. The number of aliphatic carboxylic acids is 2. The summed E-state index contributed by atoms with van der Waals surface area (Å²) in [6.07, 6.45) is 2.18. The van der Waals surface area contributed by atoms with Crippen LogP contribution in [0.25, 0.3) is 0 Å². The Balaban J connectivity index is 2.49. The molecule has 0 fully saturated rings. The molecule has 3 amide bonds. The van der Waals surface area contributed by atoms with E-state index < -0.39 is 67.4 Å². The summed E-state index contributed by atoms with van der Waals surface area (Å²) in [5, 5.41) is 33.4. The molecule has 1 aromatic rings. The van der Waals surface area contributed by atoms with E-state index in [1.54, 1.807) is 0 Å². The molecule has 0 radical (unpaired) electrons. The van der Waals surface area contributed by atoms with E-state index in [2.05, 4.69) is 20.6 Å². The number of carbonyl (C=O) groups excluding carboxylic acids is 3. The number of aromatic nitrogens is 2. The predicted octanol–water partition coefficient (Wildman–Crippen LogP) is -3.69. The molecule has 0 saturated carbocycles. The van der Waals surface area contributed by atoms with E-state index in [4.69, 9.17) is 15.9 Å². The number of nitrogens with one attached hydrogen (secondary N) is 4. The minimum atomic E-state index is -1.51. The van der Waals surface area contributed by atoms with E-state index in [9.17, 15) is 29.1 Å². The number of nitrogens with zero attached hydrogens (tertiary/aromatic N) is 1. The van der Waals surface area contributed by atoms with Crippen molar-refractivity contribution >= 4 is 29.7 Å². The first kappa shape index (κ1) is 24.5. The number of nitrogens with two attached hydrogens (primary N) is 1. The molecule has 0 bridgehead atoms. The summed E-state index contributed by atoms with van der Waals surface area (Å²) in [5.74, 6) is -5.20. The number of carboxylic acid groups (broad SMARTS) is 2. The van der Waals surface area contributed by atoms with Crippen LogP contribution in [0, 0.1) is 0 Å². The van der Waals surface area contributed by atoms with Crippen LogP contribution in [0.1, 0.15) is 18.5 Å². The minimum Gasteiger partial charge on any atom is -0.481 e. The van der Waals surface area contributed by atoms with Crippen LogP contribution in [-0.4, -0.2) is 86.2 Å². The summed E-state index contributed by atoms with van der Waals surface area (Å²) in [7, 11) is 0. The Morgan fingerprint density at radius 3 is 2.33 bits per heavy atom. The third-order valence-electron chi connectivity index (χ3n) is 3.85. The number of imidazole rings is 1. The van der Waals surface area contributed by atoms with Gasteiger partial charge in [0.2, 0.25) is 17.7 Å². The van der Waals surface area contributed by atoms with E-state index in [1.165, 1.54) is 12.5 Å². The van der Waals surface area contributed by atoms with Crippen molar-refractivity contribution in [2.75, 3.05) is 13.2 Å². The van der Waals surface area contributed by atoms with Gasteiger partial charge in [0, 0.05) is 24.7 Å². The van der Waals surface area contributed by atoms with Crippen molar-refractivity contribution in [2.24, 2.45) is 5.73 Å². The highest BCUT2D eigenvalue weighted by Gasteiger charge is 2.26. The second-order valence-corrected chi connectivity index (χ2v) is 6.24.